The van der Waals surface area contributed by atoms with Crippen LogP contribution >= 0.6 is 15.9 Å². The predicted octanol–water partition coefficient (Wildman–Crippen LogP) is 2.39. The largest absolute Gasteiger partial charge is 0.384 e. The van der Waals surface area contributed by atoms with Gasteiger partial charge in [0.05, 0.1) is 0 Å². The van der Waals surface area contributed by atoms with Crippen molar-refractivity contribution in [2.24, 2.45) is 11.7 Å². The molecule has 1 aromatic heterocycles. The second-order valence-corrected chi connectivity index (χ2v) is 5.19. The Kier molecular flexibility index (Phi) is 5.95. The summed E-state index contributed by atoms with van der Waals surface area (Å²) < 4.78 is 6.10. The first-order valence-corrected chi connectivity index (χ1v) is 6.25. The standard InChI is InChI=1S/C12H19BrN2O/c1-9(8-16-2)3-12(14)5-10-4-11(13)7-15-6-10/h4,6-7,9,12H,3,5,8,14H2,1-2H3. The number of ether oxygens (including phenoxy) is 1. The lowest BCUT2D eigenvalue weighted by molar-refractivity contribution is 0.152. The zero-order valence-electron chi connectivity index (χ0n) is 9.82. The third-order valence-electron chi connectivity index (χ3n) is 2.42. The van der Waals surface area contributed by atoms with Crippen LogP contribution in [0, 0.1) is 5.92 Å². The van der Waals surface area contributed by atoms with Gasteiger partial charge in [-0.15, -0.1) is 0 Å². The van der Waals surface area contributed by atoms with Gasteiger partial charge in [0.2, 0.25) is 0 Å². The number of pyridine rings is 1. The SMILES string of the molecule is COCC(C)CC(N)Cc1cncc(Br)c1. The van der Waals surface area contributed by atoms with Gasteiger partial charge in [0.25, 0.3) is 0 Å². The van der Waals surface area contributed by atoms with Crippen LogP contribution in [0.2, 0.25) is 0 Å². The van der Waals surface area contributed by atoms with Gasteiger partial charge in [0, 0.05) is 36.6 Å². The van der Waals surface area contributed by atoms with Gasteiger partial charge >= 0.3 is 0 Å². The minimum absolute atomic E-state index is 0.168. The molecule has 0 bridgehead atoms. The number of methoxy groups -OCH3 is 1. The lowest BCUT2D eigenvalue weighted by Crippen LogP contribution is -2.26. The molecule has 2 atom stereocenters. The molecule has 1 rings (SSSR count). The topological polar surface area (TPSA) is 48.1 Å². The average molecular weight is 287 g/mol. The summed E-state index contributed by atoms with van der Waals surface area (Å²) in [7, 11) is 1.72. The van der Waals surface area contributed by atoms with Crippen LogP contribution in [0.4, 0.5) is 0 Å². The number of hydrogen-bond acceptors (Lipinski definition) is 3. The summed E-state index contributed by atoms with van der Waals surface area (Å²) in [5, 5.41) is 0. The normalized spacial score (nSPS) is 14.8. The molecule has 0 aliphatic carbocycles. The summed E-state index contributed by atoms with van der Waals surface area (Å²) in [5.41, 5.74) is 7.26. The molecule has 0 aliphatic heterocycles. The number of aromatic nitrogens is 1. The molecule has 0 aliphatic rings. The molecule has 90 valence electrons. The van der Waals surface area contributed by atoms with Crippen LogP contribution in [0.5, 0.6) is 0 Å². The van der Waals surface area contributed by atoms with E-state index in [2.05, 4.69) is 33.9 Å². The first kappa shape index (κ1) is 13.6. The molecule has 0 amide bonds. The van der Waals surface area contributed by atoms with Crippen molar-refractivity contribution in [3.8, 4) is 0 Å². The van der Waals surface area contributed by atoms with E-state index < -0.39 is 0 Å². The molecule has 0 radical (unpaired) electrons. The molecule has 3 nitrogen and oxygen atoms in total. The molecule has 0 spiro atoms. The minimum Gasteiger partial charge on any atom is -0.384 e. The molecule has 0 aromatic carbocycles. The molecule has 1 aromatic rings. The van der Waals surface area contributed by atoms with E-state index in [0.29, 0.717) is 5.92 Å². The van der Waals surface area contributed by atoms with E-state index >= 15 is 0 Å². The van der Waals surface area contributed by atoms with E-state index in [1.807, 2.05) is 6.20 Å². The molecule has 16 heavy (non-hydrogen) atoms. The summed E-state index contributed by atoms with van der Waals surface area (Å²) in [6.45, 7) is 2.92. The maximum absolute atomic E-state index is 6.09. The number of rotatable bonds is 6. The van der Waals surface area contributed by atoms with Crippen LogP contribution in [-0.4, -0.2) is 24.7 Å². The molecule has 1 heterocycles. The van der Waals surface area contributed by atoms with Crippen molar-refractivity contribution < 1.29 is 4.74 Å². The Morgan fingerprint density at radius 2 is 2.25 bits per heavy atom. The van der Waals surface area contributed by atoms with Crippen molar-refractivity contribution >= 4 is 15.9 Å². The minimum atomic E-state index is 0.168. The average Bonchev–Trinajstić information content (AvgIpc) is 2.17. The number of halogens is 1. The second-order valence-electron chi connectivity index (χ2n) is 4.27. The maximum atomic E-state index is 6.09. The van der Waals surface area contributed by atoms with E-state index in [1.54, 1.807) is 13.3 Å². The molecule has 0 saturated carbocycles. The third kappa shape index (κ3) is 5.05. The predicted molar refractivity (Wildman–Crippen MR) is 69.3 cm³/mol. The zero-order chi connectivity index (χ0) is 12.0. The summed E-state index contributed by atoms with van der Waals surface area (Å²) in [6, 6.07) is 2.23. The zero-order valence-corrected chi connectivity index (χ0v) is 11.4. The molecule has 2 N–H and O–H groups in total. The van der Waals surface area contributed by atoms with Gasteiger partial charge in [-0.1, -0.05) is 6.92 Å². The van der Waals surface area contributed by atoms with Crippen molar-refractivity contribution in [3.63, 3.8) is 0 Å². The highest BCUT2D eigenvalue weighted by molar-refractivity contribution is 9.10. The Labute approximate surface area is 106 Å². The fraction of sp³-hybridized carbons (Fsp3) is 0.583. The van der Waals surface area contributed by atoms with Crippen molar-refractivity contribution in [1.29, 1.82) is 0 Å². The molecule has 0 fully saturated rings. The lowest BCUT2D eigenvalue weighted by atomic mass is 9.98. The molecule has 0 saturated heterocycles. The van der Waals surface area contributed by atoms with Gasteiger partial charge in [0.1, 0.15) is 0 Å². The highest BCUT2D eigenvalue weighted by Crippen LogP contribution is 2.13. The van der Waals surface area contributed by atoms with Crippen molar-refractivity contribution in [2.45, 2.75) is 25.8 Å². The number of nitrogens with two attached hydrogens (primary N) is 1. The van der Waals surface area contributed by atoms with Crippen LogP contribution in [-0.2, 0) is 11.2 Å². The Bertz CT molecular complexity index is 320. The highest BCUT2D eigenvalue weighted by Gasteiger charge is 2.10. The van der Waals surface area contributed by atoms with Crippen LogP contribution < -0.4 is 5.73 Å². The van der Waals surface area contributed by atoms with Crippen LogP contribution in [0.15, 0.2) is 22.9 Å². The Morgan fingerprint density at radius 3 is 2.88 bits per heavy atom. The Balaban J connectivity index is 2.42. The second kappa shape index (κ2) is 6.99. The van der Waals surface area contributed by atoms with Gasteiger partial charge in [-0.3, -0.25) is 4.98 Å². The van der Waals surface area contributed by atoms with Gasteiger partial charge in [0.15, 0.2) is 0 Å². The van der Waals surface area contributed by atoms with E-state index in [4.69, 9.17) is 10.5 Å². The van der Waals surface area contributed by atoms with Gasteiger partial charge in [-0.2, -0.15) is 0 Å². The molecular weight excluding hydrogens is 268 g/mol. The molecule has 4 heteroatoms. The number of hydrogen-bond donors (Lipinski definition) is 1. The van der Waals surface area contributed by atoms with Gasteiger partial charge in [-0.05, 0) is 46.3 Å². The van der Waals surface area contributed by atoms with Crippen LogP contribution in [0.1, 0.15) is 18.9 Å². The van der Waals surface area contributed by atoms with Crippen molar-refractivity contribution in [1.82, 2.24) is 4.98 Å². The van der Waals surface area contributed by atoms with Crippen LogP contribution in [0.25, 0.3) is 0 Å². The quantitative estimate of drug-likeness (QED) is 0.874. The summed E-state index contributed by atoms with van der Waals surface area (Å²) in [5.74, 6) is 0.500. The highest BCUT2D eigenvalue weighted by atomic mass is 79.9. The summed E-state index contributed by atoms with van der Waals surface area (Å²) >= 11 is 3.40. The van der Waals surface area contributed by atoms with E-state index in [9.17, 15) is 0 Å². The fourth-order valence-electron chi connectivity index (χ4n) is 1.82. The fourth-order valence-corrected chi connectivity index (χ4v) is 2.24. The van der Waals surface area contributed by atoms with E-state index in [-0.39, 0.29) is 6.04 Å². The molecule has 2 unspecified atom stereocenters. The van der Waals surface area contributed by atoms with E-state index in [0.717, 1.165) is 23.9 Å². The first-order chi connectivity index (χ1) is 7.61. The summed E-state index contributed by atoms with van der Waals surface area (Å²) in [6.07, 6.45) is 5.48. The Morgan fingerprint density at radius 1 is 1.50 bits per heavy atom. The Hall–Kier alpha value is -0.450. The van der Waals surface area contributed by atoms with Crippen molar-refractivity contribution in [2.75, 3.05) is 13.7 Å². The van der Waals surface area contributed by atoms with Crippen molar-refractivity contribution in [3.05, 3.63) is 28.5 Å². The monoisotopic (exact) mass is 286 g/mol. The third-order valence-corrected chi connectivity index (χ3v) is 2.85. The first-order valence-electron chi connectivity index (χ1n) is 5.45. The number of nitrogens with zero attached hydrogens (tertiary/aromatic N) is 1. The lowest BCUT2D eigenvalue weighted by Gasteiger charge is -2.16. The maximum Gasteiger partial charge on any atom is 0.0488 e. The molecular formula is C12H19BrN2O. The summed E-state index contributed by atoms with van der Waals surface area (Å²) in [4.78, 5) is 4.13. The van der Waals surface area contributed by atoms with Gasteiger partial charge < -0.3 is 10.5 Å². The van der Waals surface area contributed by atoms with Gasteiger partial charge in [-0.25, -0.2) is 0 Å². The van der Waals surface area contributed by atoms with Crippen LogP contribution in [0.3, 0.4) is 0 Å². The smallest absolute Gasteiger partial charge is 0.0488 e. The van der Waals surface area contributed by atoms with E-state index in [1.165, 1.54) is 5.56 Å².